The van der Waals surface area contributed by atoms with Gasteiger partial charge in [-0.25, -0.2) is 8.42 Å². The maximum Gasteiger partial charge on any atom is 0.318 e. The topological polar surface area (TPSA) is 74.7 Å². The van der Waals surface area contributed by atoms with Crippen molar-refractivity contribution in [2.75, 3.05) is 12.3 Å². The Labute approximate surface area is 78.4 Å². The van der Waals surface area contributed by atoms with Crippen molar-refractivity contribution in [1.29, 1.82) is 0 Å². The average molecular weight is 209 g/mol. The van der Waals surface area contributed by atoms with Gasteiger partial charge in [-0.3, -0.25) is 4.79 Å². The van der Waals surface area contributed by atoms with Crippen molar-refractivity contribution in [3.05, 3.63) is 0 Å². The third-order valence-corrected chi connectivity index (χ3v) is 3.58. The molecule has 5 nitrogen and oxygen atoms in total. The Morgan fingerprint density at radius 1 is 1.46 bits per heavy atom. The maximum atomic E-state index is 11.3. The van der Waals surface area contributed by atoms with Crippen LogP contribution >= 0.6 is 0 Å². The third-order valence-electron chi connectivity index (χ3n) is 1.59. The van der Waals surface area contributed by atoms with E-state index >= 15 is 0 Å². The van der Waals surface area contributed by atoms with E-state index in [9.17, 15) is 13.2 Å². The summed E-state index contributed by atoms with van der Waals surface area (Å²) >= 11 is 0. The van der Waals surface area contributed by atoms with Crippen LogP contribution in [-0.4, -0.2) is 42.1 Å². The predicted octanol–water partition coefficient (Wildman–Crippen LogP) is 0.131. The summed E-state index contributed by atoms with van der Waals surface area (Å²) < 4.78 is 23.7. The Kier molecular flexibility index (Phi) is 4.35. The number of carboxylic acid groups (broad SMARTS) is 1. The molecule has 0 spiro atoms. The molecule has 0 amide bonds. The van der Waals surface area contributed by atoms with Crippen LogP contribution in [0.5, 0.6) is 0 Å². The molecule has 0 saturated carbocycles. The number of nitrogens with zero attached hydrogens (tertiary/aromatic N) is 1. The summed E-state index contributed by atoms with van der Waals surface area (Å²) in [5.74, 6) is -1.20. The Hall–Kier alpha value is -0.620. The zero-order valence-electron chi connectivity index (χ0n) is 8.02. The molecule has 0 aromatic carbocycles. The van der Waals surface area contributed by atoms with E-state index in [1.807, 2.05) is 0 Å². The van der Waals surface area contributed by atoms with Crippen LogP contribution in [0.25, 0.3) is 0 Å². The first kappa shape index (κ1) is 12.4. The zero-order chi connectivity index (χ0) is 10.6. The second-order valence-electron chi connectivity index (χ2n) is 2.93. The monoisotopic (exact) mass is 209 g/mol. The van der Waals surface area contributed by atoms with Gasteiger partial charge in [-0.2, -0.15) is 4.31 Å². The van der Waals surface area contributed by atoms with Crippen LogP contribution in [0.1, 0.15) is 20.8 Å². The highest BCUT2D eigenvalue weighted by molar-refractivity contribution is 7.89. The summed E-state index contributed by atoms with van der Waals surface area (Å²) in [5, 5.41) is 8.49. The molecule has 78 valence electrons. The summed E-state index contributed by atoms with van der Waals surface area (Å²) in [5.41, 5.74) is 0. The van der Waals surface area contributed by atoms with Crippen molar-refractivity contribution >= 4 is 16.0 Å². The van der Waals surface area contributed by atoms with E-state index in [-0.39, 0.29) is 11.8 Å². The fourth-order valence-corrected chi connectivity index (χ4v) is 2.18. The second-order valence-corrected chi connectivity index (χ2v) is 5.14. The lowest BCUT2D eigenvalue weighted by Gasteiger charge is -2.23. The zero-order valence-corrected chi connectivity index (χ0v) is 8.84. The Morgan fingerprint density at radius 3 is 2.15 bits per heavy atom. The number of hydrogen-bond acceptors (Lipinski definition) is 3. The van der Waals surface area contributed by atoms with Crippen molar-refractivity contribution in [2.45, 2.75) is 26.8 Å². The largest absolute Gasteiger partial charge is 0.480 e. The normalized spacial score (nSPS) is 12.4. The van der Waals surface area contributed by atoms with Crippen LogP contribution in [0.15, 0.2) is 0 Å². The van der Waals surface area contributed by atoms with Gasteiger partial charge in [0.25, 0.3) is 0 Å². The molecule has 0 unspecified atom stereocenters. The molecule has 0 saturated heterocycles. The maximum absolute atomic E-state index is 11.3. The van der Waals surface area contributed by atoms with Gasteiger partial charge >= 0.3 is 5.97 Å². The minimum atomic E-state index is -3.40. The molecule has 0 aliphatic carbocycles. The van der Waals surface area contributed by atoms with Crippen LogP contribution in [0, 0.1) is 0 Å². The molecule has 0 rings (SSSR count). The number of aliphatic carboxylic acids is 1. The number of sulfonamides is 1. The molecule has 0 aliphatic heterocycles. The van der Waals surface area contributed by atoms with Gasteiger partial charge in [0.15, 0.2) is 0 Å². The minimum absolute atomic E-state index is 0.0710. The average Bonchev–Trinajstić information content (AvgIpc) is 1.99. The highest BCUT2D eigenvalue weighted by Gasteiger charge is 2.24. The molecule has 0 atom stereocenters. The lowest BCUT2D eigenvalue weighted by Crippen LogP contribution is -2.41. The summed E-state index contributed by atoms with van der Waals surface area (Å²) in [4.78, 5) is 10.4. The second kappa shape index (κ2) is 4.57. The van der Waals surface area contributed by atoms with Gasteiger partial charge in [-0.05, 0) is 20.8 Å². The lowest BCUT2D eigenvalue weighted by atomic mass is 10.4. The molecule has 0 heterocycles. The molecular formula is C7H15NO4S. The number of carboxylic acids is 1. The first-order valence-corrected chi connectivity index (χ1v) is 5.63. The fraction of sp³-hybridized carbons (Fsp3) is 0.857. The third kappa shape index (κ3) is 3.73. The molecule has 0 aromatic rings. The fourth-order valence-electron chi connectivity index (χ4n) is 0.901. The van der Waals surface area contributed by atoms with E-state index < -0.39 is 22.5 Å². The molecule has 0 radical (unpaired) electrons. The first-order chi connectivity index (χ1) is 5.81. The van der Waals surface area contributed by atoms with Gasteiger partial charge in [-0.15, -0.1) is 0 Å². The minimum Gasteiger partial charge on any atom is -0.480 e. The Morgan fingerprint density at radius 2 is 1.92 bits per heavy atom. The summed E-state index contributed by atoms with van der Waals surface area (Å²) in [6.07, 6.45) is 0. The van der Waals surface area contributed by atoms with Gasteiger partial charge in [0, 0.05) is 6.04 Å². The Bertz CT molecular complexity index is 270. The highest BCUT2D eigenvalue weighted by atomic mass is 32.2. The van der Waals surface area contributed by atoms with Crippen LogP contribution in [0.3, 0.4) is 0 Å². The molecule has 6 heteroatoms. The van der Waals surface area contributed by atoms with E-state index in [4.69, 9.17) is 5.11 Å². The highest BCUT2D eigenvalue weighted by Crippen LogP contribution is 2.06. The van der Waals surface area contributed by atoms with Crippen LogP contribution in [-0.2, 0) is 14.8 Å². The first-order valence-electron chi connectivity index (χ1n) is 4.02. The summed E-state index contributed by atoms with van der Waals surface area (Å²) in [6, 6.07) is -0.318. The van der Waals surface area contributed by atoms with Crippen LogP contribution < -0.4 is 0 Å². The summed E-state index contributed by atoms with van der Waals surface area (Å²) in [6.45, 7) is 4.33. The van der Waals surface area contributed by atoms with Crippen molar-refractivity contribution in [1.82, 2.24) is 4.31 Å². The summed E-state index contributed by atoms with van der Waals surface area (Å²) in [7, 11) is -3.40. The van der Waals surface area contributed by atoms with Crippen molar-refractivity contribution < 1.29 is 18.3 Å². The molecular weight excluding hydrogens is 194 g/mol. The van der Waals surface area contributed by atoms with Crippen LogP contribution in [0.2, 0.25) is 0 Å². The molecule has 1 N–H and O–H groups in total. The van der Waals surface area contributed by atoms with Crippen molar-refractivity contribution in [3.63, 3.8) is 0 Å². The van der Waals surface area contributed by atoms with Crippen molar-refractivity contribution in [2.24, 2.45) is 0 Å². The van der Waals surface area contributed by atoms with Gasteiger partial charge in [-0.1, -0.05) is 0 Å². The van der Waals surface area contributed by atoms with E-state index in [2.05, 4.69) is 0 Å². The predicted molar refractivity (Wildman–Crippen MR) is 48.9 cm³/mol. The van der Waals surface area contributed by atoms with E-state index in [0.717, 1.165) is 4.31 Å². The van der Waals surface area contributed by atoms with Gasteiger partial charge < -0.3 is 5.11 Å². The molecule has 0 aromatic heterocycles. The SMILES string of the molecule is CCS(=O)(=O)N(CC(=O)O)C(C)C. The smallest absolute Gasteiger partial charge is 0.318 e. The number of rotatable bonds is 5. The molecule has 0 bridgehead atoms. The molecule has 0 aliphatic rings. The number of hydrogen-bond donors (Lipinski definition) is 1. The number of carbonyl (C=O) groups is 1. The van der Waals surface area contributed by atoms with Crippen molar-refractivity contribution in [3.8, 4) is 0 Å². The van der Waals surface area contributed by atoms with Crippen LogP contribution in [0.4, 0.5) is 0 Å². The quantitative estimate of drug-likeness (QED) is 0.698. The Balaban J connectivity index is 4.72. The lowest BCUT2D eigenvalue weighted by molar-refractivity contribution is -0.137. The van der Waals surface area contributed by atoms with E-state index in [1.54, 1.807) is 13.8 Å². The van der Waals surface area contributed by atoms with Gasteiger partial charge in [0.05, 0.1) is 5.75 Å². The standard InChI is InChI=1S/C7H15NO4S/c1-4-13(11,12)8(6(2)3)5-7(9)10/h6H,4-5H2,1-3H3,(H,9,10). The van der Waals surface area contributed by atoms with Gasteiger partial charge in [0.1, 0.15) is 6.54 Å². The van der Waals surface area contributed by atoms with E-state index in [0.29, 0.717) is 0 Å². The molecule has 0 fully saturated rings. The molecule has 13 heavy (non-hydrogen) atoms. The van der Waals surface area contributed by atoms with E-state index in [1.165, 1.54) is 6.92 Å². The van der Waals surface area contributed by atoms with Gasteiger partial charge in [0.2, 0.25) is 10.0 Å².